The van der Waals surface area contributed by atoms with Crippen molar-refractivity contribution in [1.29, 1.82) is 0 Å². The van der Waals surface area contributed by atoms with Crippen molar-refractivity contribution < 1.29 is 22.8 Å². The molecule has 1 aromatic carbocycles. The normalized spacial score (nSPS) is 16.0. The molecular formula is C22H20F3N3O2. The number of imidazole rings is 1. The molecule has 1 aliphatic carbocycles. The first-order chi connectivity index (χ1) is 14.3. The summed E-state index contributed by atoms with van der Waals surface area (Å²) in [6, 6.07) is 7.60. The van der Waals surface area contributed by atoms with Gasteiger partial charge in [0, 0.05) is 12.4 Å². The summed E-state index contributed by atoms with van der Waals surface area (Å²) in [4.78, 5) is 30.1. The van der Waals surface area contributed by atoms with Gasteiger partial charge in [-0.15, -0.1) is 0 Å². The van der Waals surface area contributed by atoms with Crippen LogP contribution in [0.15, 0.2) is 42.7 Å². The van der Waals surface area contributed by atoms with Crippen molar-refractivity contribution in [3.63, 3.8) is 0 Å². The highest BCUT2D eigenvalue weighted by atomic mass is 19.4. The number of fused-ring (bicyclic) bond motifs is 2. The Hall–Kier alpha value is -3.16. The van der Waals surface area contributed by atoms with Gasteiger partial charge in [0.2, 0.25) is 0 Å². The molecule has 2 aromatic heterocycles. The van der Waals surface area contributed by atoms with E-state index in [-0.39, 0.29) is 23.8 Å². The Morgan fingerprint density at radius 1 is 1.03 bits per heavy atom. The smallest absolute Gasteiger partial charge is 0.306 e. The van der Waals surface area contributed by atoms with Crippen molar-refractivity contribution >= 4 is 17.5 Å². The number of rotatable bonds is 3. The van der Waals surface area contributed by atoms with E-state index in [0.717, 1.165) is 23.8 Å². The number of benzene rings is 1. The highest BCUT2D eigenvalue weighted by molar-refractivity contribution is 6.21. The molecule has 2 amide bonds. The van der Waals surface area contributed by atoms with Gasteiger partial charge in [-0.1, -0.05) is 26.0 Å². The number of halogens is 3. The van der Waals surface area contributed by atoms with Gasteiger partial charge in [0.15, 0.2) is 0 Å². The number of aromatic nitrogens is 2. The molecule has 1 saturated carbocycles. The second kappa shape index (κ2) is 7.27. The highest BCUT2D eigenvalue weighted by Crippen LogP contribution is 2.43. The maximum Gasteiger partial charge on any atom is 0.419 e. The molecule has 0 bridgehead atoms. The number of alkyl halides is 3. The van der Waals surface area contributed by atoms with E-state index in [4.69, 9.17) is 0 Å². The van der Waals surface area contributed by atoms with Crippen LogP contribution in [0.25, 0.3) is 5.65 Å². The summed E-state index contributed by atoms with van der Waals surface area (Å²) >= 11 is 0. The van der Waals surface area contributed by atoms with Crippen LogP contribution in [0, 0.1) is 0 Å². The number of hydrogen-bond acceptors (Lipinski definition) is 3. The molecule has 0 N–H and O–H groups in total. The predicted molar refractivity (Wildman–Crippen MR) is 104 cm³/mol. The van der Waals surface area contributed by atoms with E-state index in [9.17, 15) is 22.8 Å². The third kappa shape index (κ3) is 3.36. The Morgan fingerprint density at radius 3 is 2.17 bits per heavy atom. The minimum absolute atomic E-state index is 0.146. The van der Waals surface area contributed by atoms with Crippen molar-refractivity contribution in [2.45, 2.75) is 45.3 Å². The minimum atomic E-state index is -4.54. The lowest BCUT2D eigenvalue weighted by molar-refractivity contribution is -0.136. The largest absolute Gasteiger partial charge is 0.419 e. The van der Waals surface area contributed by atoms with Gasteiger partial charge < -0.3 is 4.40 Å². The molecule has 0 saturated heterocycles. The van der Waals surface area contributed by atoms with E-state index in [2.05, 4.69) is 4.98 Å². The molecule has 0 unspecified atom stereocenters. The summed E-state index contributed by atoms with van der Waals surface area (Å²) < 4.78 is 41.9. The van der Waals surface area contributed by atoms with Crippen LogP contribution in [-0.2, 0) is 12.7 Å². The van der Waals surface area contributed by atoms with Crippen LogP contribution < -0.4 is 0 Å². The summed E-state index contributed by atoms with van der Waals surface area (Å²) in [5.74, 6) is -0.785. The third-order valence-electron chi connectivity index (χ3n) is 5.17. The van der Waals surface area contributed by atoms with Gasteiger partial charge in [-0.25, -0.2) is 4.98 Å². The average Bonchev–Trinajstić information content (AvgIpc) is 3.46. The summed E-state index contributed by atoms with van der Waals surface area (Å²) in [6.45, 7) is 3.82. The first-order valence-corrected chi connectivity index (χ1v) is 9.87. The Bertz CT molecular complexity index is 1110. The van der Waals surface area contributed by atoms with Crippen LogP contribution in [0.4, 0.5) is 13.2 Å². The quantitative estimate of drug-likeness (QED) is 0.563. The lowest BCUT2D eigenvalue weighted by Crippen LogP contribution is -2.29. The molecular weight excluding hydrogens is 395 g/mol. The van der Waals surface area contributed by atoms with Crippen LogP contribution in [0.3, 0.4) is 0 Å². The average molecular weight is 415 g/mol. The van der Waals surface area contributed by atoms with Gasteiger partial charge in [-0.3, -0.25) is 14.5 Å². The van der Waals surface area contributed by atoms with Crippen LogP contribution >= 0.6 is 0 Å². The van der Waals surface area contributed by atoms with E-state index in [1.165, 1.54) is 10.6 Å². The molecule has 1 fully saturated rings. The number of amides is 2. The maximum atomic E-state index is 13.5. The Morgan fingerprint density at radius 2 is 1.63 bits per heavy atom. The Kier molecular flexibility index (Phi) is 4.88. The fourth-order valence-electron chi connectivity index (χ4n) is 3.64. The van der Waals surface area contributed by atoms with E-state index in [1.807, 2.05) is 13.8 Å². The van der Waals surface area contributed by atoms with E-state index < -0.39 is 23.6 Å². The van der Waals surface area contributed by atoms with Gasteiger partial charge >= 0.3 is 6.18 Å². The van der Waals surface area contributed by atoms with Crippen molar-refractivity contribution in [1.82, 2.24) is 14.3 Å². The molecule has 8 heteroatoms. The fourth-order valence-corrected chi connectivity index (χ4v) is 3.64. The number of imide groups is 1. The lowest BCUT2D eigenvalue weighted by atomic mass is 10.1. The summed E-state index contributed by atoms with van der Waals surface area (Å²) in [7, 11) is 0. The maximum absolute atomic E-state index is 13.5. The van der Waals surface area contributed by atoms with Gasteiger partial charge in [0.25, 0.3) is 11.8 Å². The topological polar surface area (TPSA) is 54.7 Å². The number of nitrogens with zero attached hydrogens (tertiary/aromatic N) is 3. The first kappa shape index (κ1) is 20.1. The second-order valence-electron chi connectivity index (χ2n) is 7.16. The molecule has 0 atom stereocenters. The summed E-state index contributed by atoms with van der Waals surface area (Å²) in [6.07, 6.45) is 0.324. The fraction of sp³-hybridized carbons (Fsp3) is 0.318. The number of pyridine rings is 1. The minimum Gasteiger partial charge on any atom is -0.306 e. The van der Waals surface area contributed by atoms with Crippen molar-refractivity contribution in [2.24, 2.45) is 0 Å². The zero-order valence-electron chi connectivity index (χ0n) is 16.5. The number of carbonyl (C=O) groups is 2. The lowest BCUT2D eigenvalue weighted by Gasteiger charge is -2.11. The van der Waals surface area contributed by atoms with Gasteiger partial charge in [-0.2, -0.15) is 13.2 Å². The SMILES string of the molecule is CC.O=C1c2ccccc2C(=O)N1Cc1cn2cc(C3CC3)cc(C(F)(F)F)c2n1. The predicted octanol–water partition coefficient (Wildman–Crippen LogP) is 5.05. The molecule has 30 heavy (non-hydrogen) atoms. The highest BCUT2D eigenvalue weighted by Gasteiger charge is 2.38. The van der Waals surface area contributed by atoms with E-state index >= 15 is 0 Å². The molecule has 0 spiro atoms. The van der Waals surface area contributed by atoms with Gasteiger partial charge in [-0.05, 0) is 42.5 Å². The number of carbonyl (C=O) groups excluding carboxylic acids is 2. The first-order valence-electron chi connectivity index (χ1n) is 9.87. The van der Waals surface area contributed by atoms with Crippen LogP contribution in [-0.4, -0.2) is 26.1 Å². The Balaban J connectivity index is 0.00000106. The molecule has 156 valence electrons. The third-order valence-corrected chi connectivity index (χ3v) is 5.17. The van der Waals surface area contributed by atoms with Crippen molar-refractivity contribution in [2.75, 3.05) is 0 Å². The zero-order chi connectivity index (χ0) is 21.6. The van der Waals surface area contributed by atoms with E-state index in [0.29, 0.717) is 16.7 Å². The van der Waals surface area contributed by atoms with Crippen molar-refractivity contribution in [3.05, 3.63) is 70.7 Å². The molecule has 5 nitrogen and oxygen atoms in total. The zero-order valence-corrected chi connectivity index (χ0v) is 16.5. The van der Waals surface area contributed by atoms with Gasteiger partial charge in [0.1, 0.15) is 5.65 Å². The van der Waals surface area contributed by atoms with Crippen molar-refractivity contribution in [3.8, 4) is 0 Å². The molecule has 1 aliphatic heterocycles. The molecule has 0 radical (unpaired) electrons. The van der Waals surface area contributed by atoms with E-state index in [1.54, 1.807) is 30.5 Å². The van der Waals surface area contributed by atoms with Crippen LogP contribution in [0.5, 0.6) is 0 Å². The number of hydrogen-bond donors (Lipinski definition) is 0. The monoisotopic (exact) mass is 415 g/mol. The standard InChI is InChI=1S/C20H14F3N3O2.C2H6/c21-20(22,23)16-7-12(11-5-6-11)8-25-9-13(24-17(16)25)10-26-18(27)14-3-1-2-4-15(14)19(26)28;1-2/h1-4,7-9,11H,5-6,10H2;1-2H3. The summed E-state index contributed by atoms with van der Waals surface area (Å²) in [5.41, 5.74) is 0.429. The van der Waals surface area contributed by atoms with Gasteiger partial charge in [0.05, 0.1) is 28.9 Å². The van der Waals surface area contributed by atoms with Crippen LogP contribution in [0.1, 0.15) is 70.1 Å². The molecule has 3 aromatic rings. The Labute approximate surface area is 171 Å². The van der Waals surface area contributed by atoms with Crippen LogP contribution in [0.2, 0.25) is 0 Å². The molecule has 5 rings (SSSR count). The molecule has 2 aliphatic rings. The molecule has 3 heterocycles. The summed E-state index contributed by atoms with van der Waals surface area (Å²) in [5, 5.41) is 0. The second-order valence-corrected chi connectivity index (χ2v) is 7.16.